The third-order valence-corrected chi connectivity index (χ3v) is 7.14. The fourth-order valence-electron chi connectivity index (χ4n) is 4.46. The first-order valence-electron chi connectivity index (χ1n) is 11.4. The van der Waals surface area contributed by atoms with Crippen LogP contribution in [0.5, 0.6) is 0 Å². The lowest BCUT2D eigenvalue weighted by Crippen LogP contribution is -2.51. The Bertz CT molecular complexity index is 1030. The van der Waals surface area contributed by atoms with Gasteiger partial charge in [-0.25, -0.2) is 9.78 Å². The molecule has 1 aromatic carbocycles. The maximum Gasteiger partial charge on any atom is 0.409 e. The van der Waals surface area contributed by atoms with Crippen molar-refractivity contribution in [2.45, 2.75) is 50.2 Å². The molecule has 0 N–H and O–H groups in total. The molecule has 172 valence electrons. The molecule has 0 bridgehead atoms. The fraction of sp³-hybridized carbons (Fsp3) is 0.565. The molecule has 1 aliphatic heterocycles. The van der Waals surface area contributed by atoms with Gasteiger partial charge in [-0.05, 0) is 31.9 Å². The molecule has 1 aliphatic carbocycles. The van der Waals surface area contributed by atoms with Crippen LogP contribution >= 0.6 is 11.8 Å². The molecular formula is C23H30N4O4S. The first kappa shape index (κ1) is 22.6. The molecule has 1 saturated heterocycles. The van der Waals surface area contributed by atoms with E-state index in [1.165, 1.54) is 18.2 Å². The van der Waals surface area contributed by atoms with Crippen LogP contribution in [-0.4, -0.2) is 69.9 Å². The summed E-state index contributed by atoms with van der Waals surface area (Å²) < 4.78 is 6.87. The highest BCUT2D eigenvalue weighted by molar-refractivity contribution is 7.99. The van der Waals surface area contributed by atoms with E-state index in [1.807, 2.05) is 28.8 Å². The van der Waals surface area contributed by atoms with E-state index in [4.69, 9.17) is 9.72 Å². The highest BCUT2D eigenvalue weighted by Gasteiger charge is 2.26. The minimum absolute atomic E-state index is 0.00360. The molecule has 0 radical (unpaired) electrons. The Labute approximate surface area is 191 Å². The number of carbonyl (C=O) groups is 2. The SMILES string of the molecule is CCOC(=O)N1CCN(C(=O)CSc2nc3ccccc3c(=O)n2C2CCCCC2)CC1. The zero-order valence-corrected chi connectivity index (χ0v) is 19.3. The number of hydrogen-bond donors (Lipinski definition) is 0. The molecule has 2 heterocycles. The van der Waals surface area contributed by atoms with E-state index < -0.39 is 0 Å². The lowest BCUT2D eigenvalue weighted by Gasteiger charge is -2.34. The van der Waals surface area contributed by atoms with Gasteiger partial charge in [0.15, 0.2) is 5.16 Å². The minimum atomic E-state index is -0.328. The van der Waals surface area contributed by atoms with Crippen molar-refractivity contribution in [1.29, 1.82) is 0 Å². The van der Waals surface area contributed by atoms with E-state index in [-0.39, 0.29) is 29.4 Å². The Morgan fingerprint density at radius 3 is 2.47 bits per heavy atom. The van der Waals surface area contributed by atoms with Crippen LogP contribution in [0.3, 0.4) is 0 Å². The second kappa shape index (κ2) is 10.4. The molecule has 2 aliphatic rings. The van der Waals surface area contributed by atoms with Gasteiger partial charge in [-0.1, -0.05) is 43.2 Å². The Balaban J connectivity index is 1.47. The minimum Gasteiger partial charge on any atom is -0.450 e. The van der Waals surface area contributed by atoms with Crippen molar-refractivity contribution in [3.8, 4) is 0 Å². The van der Waals surface area contributed by atoms with Crippen molar-refractivity contribution in [3.63, 3.8) is 0 Å². The van der Waals surface area contributed by atoms with Crippen LogP contribution in [0.4, 0.5) is 4.79 Å². The highest BCUT2D eigenvalue weighted by Crippen LogP contribution is 2.31. The second-order valence-corrected chi connectivity index (χ2v) is 9.18. The lowest BCUT2D eigenvalue weighted by molar-refractivity contribution is -0.129. The van der Waals surface area contributed by atoms with E-state index >= 15 is 0 Å². The topological polar surface area (TPSA) is 84.7 Å². The molecule has 1 saturated carbocycles. The normalized spacial score (nSPS) is 17.5. The Hall–Kier alpha value is -2.55. The number of carbonyl (C=O) groups excluding carboxylic acids is 2. The molecule has 2 amide bonds. The maximum atomic E-state index is 13.3. The fourth-order valence-corrected chi connectivity index (χ4v) is 5.43. The van der Waals surface area contributed by atoms with Crippen molar-refractivity contribution in [2.24, 2.45) is 0 Å². The van der Waals surface area contributed by atoms with Crippen LogP contribution < -0.4 is 5.56 Å². The van der Waals surface area contributed by atoms with Crippen molar-refractivity contribution in [1.82, 2.24) is 19.4 Å². The number of nitrogens with zero attached hydrogens (tertiary/aromatic N) is 4. The van der Waals surface area contributed by atoms with Gasteiger partial charge in [-0.3, -0.25) is 14.2 Å². The second-order valence-electron chi connectivity index (χ2n) is 8.23. The number of piperazine rings is 1. The monoisotopic (exact) mass is 458 g/mol. The molecule has 1 aromatic heterocycles. The summed E-state index contributed by atoms with van der Waals surface area (Å²) in [6.07, 6.45) is 5.03. The standard InChI is InChI=1S/C23H30N4O4S/c1-2-31-23(30)26-14-12-25(13-15-26)20(28)16-32-22-24-19-11-7-6-10-18(19)21(29)27(22)17-8-4-3-5-9-17/h6-7,10-11,17H,2-5,8-9,12-16H2,1H3. The summed E-state index contributed by atoms with van der Waals surface area (Å²) in [5.41, 5.74) is 0.656. The Kier molecular flexibility index (Phi) is 7.34. The van der Waals surface area contributed by atoms with E-state index in [0.29, 0.717) is 48.8 Å². The summed E-state index contributed by atoms with van der Waals surface area (Å²) in [5, 5.41) is 1.25. The van der Waals surface area contributed by atoms with Crippen LogP contribution in [-0.2, 0) is 9.53 Å². The first-order chi connectivity index (χ1) is 15.6. The number of benzene rings is 1. The van der Waals surface area contributed by atoms with Gasteiger partial charge in [0, 0.05) is 32.2 Å². The molecule has 8 nitrogen and oxygen atoms in total. The average Bonchev–Trinajstić information content (AvgIpc) is 2.83. The van der Waals surface area contributed by atoms with E-state index in [0.717, 1.165) is 25.7 Å². The smallest absolute Gasteiger partial charge is 0.409 e. The van der Waals surface area contributed by atoms with Crippen LogP contribution in [0.1, 0.15) is 45.1 Å². The quantitative estimate of drug-likeness (QED) is 0.505. The van der Waals surface area contributed by atoms with Crippen molar-refractivity contribution in [3.05, 3.63) is 34.6 Å². The molecule has 32 heavy (non-hydrogen) atoms. The third-order valence-electron chi connectivity index (χ3n) is 6.20. The van der Waals surface area contributed by atoms with Gasteiger partial charge in [0.1, 0.15) is 0 Å². The van der Waals surface area contributed by atoms with Crippen molar-refractivity contribution < 1.29 is 14.3 Å². The van der Waals surface area contributed by atoms with Gasteiger partial charge in [0.25, 0.3) is 5.56 Å². The average molecular weight is 459 g/mol. The Morgan fingerprint density at radius 2 is 1.75 bits per heavy atom. The van der Waals surface area contributed by atoms with Crippen molar-refractivity contribution in [2.75, 3.05) is 38.5 Å². The van der Waals surface area contributed by atoms with E-state index in [9.17, 15) is 14.4 Å². The number of hydrogen-bond acceptors (Lipinski definition) is 6. The number of rotatable bonds is 5. The summed E-state index contributed by atoms with van der Waals surface area (Å²) in [6.45, 7) is 4.03. The van der Waals surface area contributed by atoms with Gasteiger partial charge in [-0.15, -0.1) is 0 Å². The van der Waals surface area contributed by atoms with Gasteiger partial charge in [-0.2, -0.15) is 0 Å². The number of aromatic nitrogens is 2. The molecule has 0 spiro atoms. The predicted molar refractivity (Wildman–Crippen MR) is 124 cm³/mol. The molecule has 2 aromatic rings. The number of amides is 2. The van der Waals surface area contributed by atoms with Crippen LogP contribution in [0.15, 0.2) is 34.2 Å². The summed E-state index contributed by atoms with van der Waals surface area (Å²) in [5.74, 6) is 0.216. The Morgan fingerprint density at radius 1 is 1.06 bits per heavy atom. The molecule has 2 fully saturated rings. The van der Waals surface area contributed by atoms with Crippen LogP contribution in [0.2, 0.25) is 0 Å². The summed E-state index contributed by atoms with van der Waals surface area (Å²) in [4.78, 5) is 46.2. The summed E-state index contributed by atoms with van der Waals surface area (Å²) in [7, 11) is 0. The lowest BCUT2D eigenvalue weighted by atomic mass is 9.95. The molecule has 0 unspecified atom stereocenters. The zero-order chi connectivity index (χ0) is 22.5. The molecule has 0 atom stereocenters. The van der Waals surface area contributed by atoms with Gasteiger partial charge >= 0.3 is 6.09 Å². The predicted octanol–water partition coefficient (Wildman–Crippen LogP) is 3.29. The molecular weight excluding hydrogens is 428 g/mol. The number of para-hydroxylation sites is 1. The van der Waals surface area contributed by atoms with Gasteiger partial charge in [0.05, 0.1) is 23.3 Å². The molecule has 9 heteroatoms. The number of ether oxygens (including phenoxy) is 1. The van der Waals surface area contributed by atoms with Crippen LogP contribution in [0, 0.1) is 0 Å². The van der Waals surface area contributed by atoms with Crippen molar-refractivity contribution >= 4 is 34.7 Å². The maximum absolute atomic E-state index is 13.3. The first-order valence-corrected chi connectivity index (χ1v) is 12.4. The number of fused-ring (bicyclic) bond motifs is 1. The van der Waals surface area contributed by atoms with Gasteiger partial charge < -0.3 is 14.5 Å². The summed E-state index contributed by atoms with van der Waals surface area (Å²) >= 11 is 1.34. The largest absolute Gasteiger partial charge is 0.450 e. The third kappa shape index (κ3) is 4.92. The highest BCUT2D eigenvalue weighted by atomic mass is 32.2. The van der Waals surface area contributed by atoms with E-state index in [2.05, 4.69) is 0 Å². The van der Waals surface area contributed by atoms with E-state index in [1.54, 1.807) is 16.7 Å². The summed E-state index contributed by atoms with van der Waals surface area (Å²) in [6, 6.07) is 7.56. The number of thioether (sulfide) groups is 1. The van der Waals surface area contributed by atoms with Gasteiger partial charge in [0.2, 0.25) is 5.91 Å². The molecule has 4 rings (SSSR count). The zero-order valence-electron chi connectivity index (χ0n) is 18.5. The van der Waals surface area contributed by atoms with Crippen LogP contribution in [0.25, 0.3) is 10.9 Å².